The zero-order valence-corrected chi connectivity index (χ0v) is 14.9. The molecule has 0 aliphatic rings. The van der Waals surface area contributed by atoms with Gasteiger partial charge in [-0.15, -0.1) is 0 Å². The highest BCUT2D eigenvalue weighted by Gasteiger charge is 2.16. The topological polar surface area (TPSA) is 59.6 Å². The van der Waals surface area contributed by atoms with Crippen molar-refractivity contribution in [3.05, 3.63) is 24.3 Å². The van der Waals surface area contributed by atoms with Crippen LogP contribution in [0.4, 0.5) is 10.5 Å². The summed E-state index contributed by atoms with van der Waals surface area (Å²) in [4.78, 5) is 11.8. The van der Waals surface area contributed by atoms with E-state index in [1.54, 1.807) is 12.1 Å². The number of anilines is 1. The molecule has 5 nitrogen and oxygen atoms in total. The minimum absolute atomic E-state index is 0.468. The monoisotopic (exact) mass is 322 g/mol. The number of hydrogen-bond donors (Lipinski definition) is 2. The van der Waals surface area contributed by atoms with E-state index in [1.165, 1.54) is 6.42 Å². The molecule has 0 aliphatic heterocycles. The Bertz CT molecular complexity index is 483. The molecule has 0 heterocycles. The number of nitrogens with one attached hydrogen (secondary N) is 2. The Labute approximate surface area is 139 Å². The van der Waals surface area contributed by atoms with Gasteiger partial charge in [0.1, 0.15) is 18.0 Å². The van der Waals surface area contributed by atoms with Gasteiger partial charge in [0.05, 0.1) is 0 Å². The first-order valence-corrected chi connectivity index (χ1v) is 8.26. The molecular weight excluding hydrogens is 292 g/mol. The van der Waals surface area contributed by atoms with Crippen molar-refractivity contribution in [1.82, 2.24) is 5.32 Å². The first-order chi connectivity index (χ1) is 10.8. The Kier molecular flexibility index (Phi) is 7.89. The largest absolute Gasteiger partial charge is 0.492 e. The molecule has 5 heteroatoms. The molecule has 1 atom stereocenters. The third-order valence-corrected chi connectivity index (χ3v) is 3.06. The zero-order chi connectivity index (χ0) is 17.3. The van der Waals surface area contributed by atoms with Gasteiger partial charge < -0.3 is 14.8 Å². The van der Waals surface area contributed by atoms with Gasteiger partial charge in [0, 0.05) is 24.3 Å². The number of amides is 1. The summed E-state index contributed by atoms with van der Waals surface area (Å²) in [5, 5.41) is 6.12. The molecule has 1 unspecified atom stereocenters. The number of benzene rings is 1. The van der Waals surface area contributed by atoms with Gasteiger partial charge in [-0.1, -0.05) is 19.4 Å². The Morgan fingerprint density at radius 1 is 1.30 bits per heavy atom. The highest BCUT2D eigenvalue weighted by atomic mass is 16.6. The lowest BCUT2D eigenvalue weighted by Crippen LogP contribution is -2.30. The Hall–Kier alpha value is -1.75. The SMILES string of the molecule is CCCC(C)NCCOc1cccc(NC(=O)OC(C)(C)C)c1. The molecule has 1 aromatic carbocycles. The Balaban J connectivity index is 2.40. The molecule has 1 aromatic rings. The van der Waals surface area contributed by atoms with Gasteiger partial charge in [-0.2, -0.15) is 0 Å². The molecule has 1 amide bonds. The van der Waals surface area contributed by atoms with E-state index < -0.39 is 11.7 Å². The van der Waals surface area contributed by atoms with Crippen molar-refractivity contribution < 1.29 is 14.3 Å². The minimum atomic E-state index is -0.515. The van der Waals surface area contributed by atoms with Crippen molar-refractivity contribution in [2.75, 3.05) is 18.5 Å². The fraction of sp³-hybridized carbons (Fsp3) is 0.611. The summed E-state index contributed by atoms with van der Waals surface area (Å²) in [6.07, 6.45) is 1.87. The number of carbonyl (C=O) groups excluding carboxylic acids is 1. The smallest absolute Gasteiger partial charge is 0.412 e. The normalized spacial score (nSPS) is 12.6. The van der Waals surface area contributed by atoms with E-state index in [4.69, 9.17) is 9.47 Å². The fourth-order valence-electron chi connectivity index (χ4n) is 2.09. The zero-order valence-electron chi connectivity index (χ0n) is 14.9. The van der Waals surface area contributed by atoms with E-state index in [2.05, 4.69) is 24.5 Å². The second-order valence-electron chi connectivity index (χ2n) is 6.65. The van der Waals surface area contributed by atoms with Crippen LogP contribution in [0.15, 0.2) is 24.3 Å². The fourth-order valence-corrected chi connectivity index (χ4v) is 2.09. The maximum Gasteiger partial charge on any atom is 0.412 e. The average molecular weight is 322 g/mol. The summed E-state index contributed by atoms with van der Waals surface area (Å²) in [7, 11) is 0. The van der Waals surface area contributed by atoms with Crippen LogP contribution in [0, 0.1) is 0 Å². The Morgan fingerprint density at radius 2 is 2.04 bits per heavy atom. The minimum Gasteiger partial charge on any atom is -0.492 e. The first-order valence-electron chi connectivity index (χ1n) is 8.26. The van der Waals surface area contributed by atoms with Crippen LogP contribution < -0.4 is 15.4 Å². The van der Waals surface area contributed by atoms with Gasteiger partial charge in [-0.05, 0) is 46.2 Å². The van der Waals surface area contributed by atoms with Crippen molar-refractivity contribution in [2.45, 2.75) is 59.1 Å². The molecule has 0 fully saturated rings. The lowest BCUT2D eigenvalue weighted by atomic mass is 10.2. The van der Waals surface area contributed by atoms with Crippen molar-refractivity contribution in [1.29, 1.82) is 0 Å². The van der Waals surface area contributed by atoms with Crippen LogP contribution in [0.2, 0.25) is 0 Å². The number of carbonyl (C=O) groups is 1. The first kappa shape index (κ1) is 19.3. The molecule has 0 aliphatic carbocycles. The second kappa shape index (κ2) is 9.40. The van der Waals surface area contributed by atoms with Crippen LogP contribution in [0.5, 0.6) is 5.75 Å². The summed E-state index contributed by atoms with van der Waals surface area (Å²) < 4.78 is 10.9. The lowest BCUT2D eigenvalue weighted by molar-refractivity contribution is 0.0636. The summed E-state index contributed by atoms with van der Waals surface area (Å²) in [5.41, 5.74) is 0.142. The van der Waals surface area contributed by atoms with Crippen molar-refractivity contribution in [3.8, 4) is 5.75 Å². The molecule has 0 radical (unpaired) electrons. The predicted octanol–water partition coefficient (Wildman–Crippen LogP) is 4.19. The van der Waals surface area contributed by atoms with Crippen molar-refractivity contribution in [2.24, 2.45) is 0 Å². The molecule has 23 heavy (non-hydrogen) atoms. The number of ether oxygens (including phenoxy) is 2. The molecule has 0 aromatic heterocycles. The van der Waals surface area contributed by atoms with Gasteiger partial charge in [0.15, 0.2) is 0 Å². The maximum absolute atomic E-state index is 11.8. The average Bonchev–Trinajstić information content (AvgIpc) is 2.42. The lowest BCUT2D eigenvalue weighted by Gasteiger charge is -2.19. The van der Waals surface area contributed by atoms with Gasteiger partial charge in [-0.3, -0.25) is 5.32 Å². The standard InChI is InChI=1S/C18H30N2O3/c1-6-8-14(2)19-11-12-22-16-10-7-9-15(13-16)20-17(21)23-18(3,4)5/h7,9-10,13-14,19H,6,8,11-12H2,1-5H3,(H,20,21). The van der Waals surface area contributed by atoms with Crippen LogP contribution >= 0.6 is 0 Å². The summed E-state index contributed by atoms with van der Waals surface area (Å²) >= 11 is 0. The molecule has 0 bridgehead atoms. The predicted molar refractivity (Wildman–Crippen MR) is 94.2 cm³/mol. The molecule has 0 spiro atoms. The van der Waals surface area contributed by atoms with E-state index in [-0.39, 0.29) is 0 Å². The van der Waals surface area contributed by atoms with Crippen molar-refractivity contribution in [3.63, 3.8) is 0 Å². The molecule has 0 saturated heterocycles. The van der Waals surface area contributed by atoms with Crippen LogP contribution in [-0.2, 0) is 4.74 Å². The molecule has 1 rings (SSSR count). The highest BCUT2D eigenvalue weighted by Crippen LogP contribution is 2.18. The van der Waals surface area contributed by atoms with Crippen LogP contribution in [0.1, 0.15) is 47.5 Å². The van der Waals surface area contributed by atoms with E-state index in [9.17, 15) is 4.79 Å². The molecule has 0 saturated carbocycles. The third kappa shape index (κ3) is 9.08. The second-order valence-corrected chi connectivity index (χ2v) is 6.65. The van der Waals surface area contributed by atoms with Crippen LogP contribution in [-0.4, -0.2) is 30.9 Å². The van der Waals surface area contributed by atoms with E-state index in [1.807, 2.05) is 32.9 Å². The molecule has 2 N–H and O–H groups in total. The Morgan fingerprint density at radius 3 is 2.70 bits per heavy atom. The van der Waals surface area contributed by atoms with E-state index in [0.717, 1.165) is 18.7 Å². The van der Waals surface area contributed by atoms with Gasteiger partial charge in [0.2, 0.25) is 0 Å². The molecule has 130 valence electrons. The van der Waals surface area contributed by atoms with Crippen LogP contribution in [0.25, 0.3) is 0 Å². The van der Waals surface area contributed by atoms with Gasteiger partial charge in [-0.25, -0.2) is 4.79 Å². The van der Waals surface area contributed by atoms with Crippen molar-refractivity contribution >= 4 is 11.8 Å². The number of rotatable bonds is 8. The number of hydrogen-bond acceptors (Lipinski definition) is 4. The van der Waals surface area contributed by atoms with Crippen LogP contribution in [0.3, 0.4) is 0 Å². The summed E-state index contributed by atoms with van der Waals surface area (Å²) in [6, 6.07) is 7.81. The van der Waals surface area contributed by atoms with E-state index >= 15 is 0 Å². The van der Waals surface area contributed by atoms with Gasteiger partial charge in [0.25, 0.3) is 0 Å². The summed E-state index contributed by atoms with van der Waals surface area (Å²) in [6.45, 7) is 11.2. The van der Waals surface area contributed by atoms with E-state index in [0.29, 0.717) is 18.3 Å². The quantitative estimate of drug-likeness (QED) is 0.705. The highest BCUT2D eigenvalue weighted by molar-refractivity contribution is 5.85. The summed E-state index contributed by atoms with van der Waals surface area (Å²) in [5.74, 6) is 0.725. The van der Waals surface area contributed by atoms with Gasteiger partial charge >= 0.3 is 6.09 Å². The third-order valence-electron chi connectivity index (χ3n) is 3.06. The maximum atomic E-state index is 11.8. The molecular formula is C18H30N2O3.